The molecule has 0 aliphatic rings. The van der Waals surface area contributed by atoms with Gasteiger partial charge in [0.15, 0.2) is 5.78 Å². The standard InChI is InChI=1S/C17H19ClN2O/c1-11(13-4-6-14(18)7-5-13)20(3)15-8-9-16(12(2)21)17(19)10-15/h4-11H,19H2,1-3H3. The monoisotopic (exact) mass is 302 g/mol. The van der Waals surface area contributed by atoms with Gasteiger partial charge in [-0.3, -0.25) is 4.79 Å². The van der Waals surface area contributed by atoms with E-state index in [0.29, 0.717) is 11.3 Å². The van der Waals surface area contributed by atoms with Gasteiger partial charge in [0, 0.05) is 29.0 Å². The quantitative estimate of drug-likeness (QED) is 0.675. The normalized spacial score (nSPS) is 12.0. The molecular formula is C17H19ClN2O. The Labute approximate surface area is 130 Å². The van der Waals surface area contributed by atoms with Crippen LogP contribution in [0, 0.1) is 0 Å². The number of Topliss-reactive ketones (excluding diaryl/α,β-unsaturated/α-hetero) is 1. The van der Waals surface area contributed by atoms with Gasteiger partial charge in [-0.15, -0.1) is 0 Å². The molecule has 0 aromatic heterocycles. The SMILES string of the molecule is CC(=O)c1ccc(N(C)C(C)c2ccc(Cl)cc2)cc1N. The summed E-state index contributed by atoms with van der Waals surface area (Å²) in [6.07, 6.45) is 0. The Kier molecular flexibility index (Phi) is 4.53. The van der Waals surface area contributed by atoms with Gasteiger partial charge in [-0.25, -0.2) is 0 Å². The van der Waals surface area contributed by atoms with Gasteiger partial charge < -0.3 is 10.6 Å². The molecular weight excluding hydrogens is 284 g/mol. The fourth-order valence-electron chi connectivity index (χ4n) is 2.28. The molecule has 4 heteroatoms. The van der Waals surface area contributed by atoms with Crippen molar-refractivity contribution in [3.8, 4) is 0 Å². The minimum absolute atomic E-state index is 0.0209. The van der Waals surface area contributed by atoms with Gasteiger partial charge >= 0.3 is 0 Å². The van der Waals surface area contributed by atoms with Crippen LogP contribution < -0.4 is 10.6 Å². The molecule has 0 bridgehead atoms. The van der Waals surface area contributed by atoms with E-state index in [0.717, 1.165) is 16.3 Å². The van der Waals surface area contributed by atoms with E-state index < -0.39 is 0 Å². The highest BCUT2D eigenvalue weighted by molar-refractivity contribution is 6.30. The van der Waals surface area contributed by atoms with Crippen molar-refractivity contribution in [3.63, 3.8) is 0 Å². The Morgan fingerprint density at radius 3 is 2.33 bits per heavy atom. The van der Waals surface area contributed by atoms with Gasteiger partial charge in [-0.1, -0.05) is 23.7 Å². The number of ketones is 1. The van der Waals surface area contributed by atoms with Crippen LogP contribution in [0.5, 0.6) is 0 Å². The van der Waals surface area contributed by atoms with E-state index in [1.165, 1.54) is 6.92 Å². The number of halogens is 1. The predicted molar refractivity (Wildman–Crippen MR) is 89.1 cm³/mol. The Morgan fingerprint density at radius 2 is 1.81 bits per heavy atom. The van der Waals surface area contributed by atoms with Gasteiger partial charge in [0.05, 0.1) is 6.04 Å². The van der Waals surface area contributed by atoms with Crippen molar-refractivity contribution in [2.75, 3.05) is 17.7 Å². The summed E-state index contributed by atoms with van der Waals surface area (Å²) in [5.41, 5.74) is 9.16. The number of carbonyl (C=O) groups is 1. The number of hydrogen-bond donors (Lipinski definition) is 1. The number of nitrogens with two attached hydrogens (primary N) is 1. The summed E-state index contributed by atoms with van der Waals surface area (Å²) < 4.78 is 0. The lowest BCUT2D eigenvalue weighted by molar-refractivity contribution is 0.101. The van der Waals surface area contributed by atoms with Crippen LogP contribution in [-0.2, 0) is 0 Å². The molecule has 21 heavy (non-hydrogen) atoms. The molecule has 1 unspecified atom stereocenters. The maximum atomic E-state index is 11.4. The third kappa shape index (κ3) is 3.37. The Morgan fingerprint density at radius 1 is 1.19 bits per heavy atom. The van der Waals surface area contributed by atoms with E-state index in [2.05, 4.69) is 11.8 Å². The maximum Gasteiger partial charge on any atom is 0.161 e. The molecule has 2 N–H and O–H groups in total. The van der Waals surface area contributed by atoms with Crippen LogP contribution in [0.1, 0.15) is 35.8 Å². The molecule has 2 aromatic carbocycles. The third-order valence-electron chi connectivity index (χ3n) is 3.76. The Bertz CT molecular complexity index is 652. The van der Waals surface area contributed by atoms with Crippen molar-refractivity contribution in [1.29, 1.82) is 0 Å². The van der Waals surface area contributed by atoms with Crippen LogP contribution in [-0.4, -0.2) is 12.8 Å². The zero-order valence-electron chi connectivity index (χ0n) is 12.4. The summed E-state index contributed by atoms with van der Waals surface area (Å²) in [5, 5.41) is 0.726. The third-order valence-corrected chi connectivity index (χ3v) is 4.01. The molecule has 3 nitrogen and oxygen atoms in total. The smallest absolute Gasteiger partial charge is 0.161 e. The lowest BCUT2D eigenvalue weighted by atomic mass is 10.0. The minimum Gasteiger partial charge on any atom is -0.398 e. The number of anilines is 2. The summed E-state index contributed by atoms with van der Waals surface area (Å²) in [4.78, 5) is 13.5. The number of rotatable bonds is 4. The summed E-state index contributed by atoms with van der Waals surface area (Å²) in [6.45, 7) is 3.63. The van der Waals surface area contributed by atoms with Crippen molar-refractivity contribution in [2.24, 2.45) is 0 Å². The van der Waals surface area contributed by atoms with E-state index in [9.17, 15) is 4.79 Å². The van der Waals surface area contributed by atoms with Gasteiger partial charge in [-0.2, -0.15) is 0 Å². The highest BCUT2D eigenvalue weighted by Crippen LogP contribution is 2.28. The summed E-state index contributed by atoms with van der Waals surface area (Å²) in [6, 6.07) is 13.5. The van der Waals surface area contributed by atoms with E-state index in [-0.39, 0.29) is 11.8 Å². The number of nitrogens with zero attached hydrogens (tertiary/aromatic N) is 1. The van der Waals surface area contributed by atoms with Gasteiger partial charge in [0.1, 0.15) is 0 Å². The van der Waals surface area contributed by atoms with E-state index >= 15 is 0 Å². The summed E-state index contributed by atoms with van der Waals surface area (Å²) in [7, 11) is 2.00. The molecule has 0 spiro atoms. The molecule has 110 valence electrons. The van der Waals surface area contributed by atoms with E-state index in [1.54, 1.807) is 6.07 Å². The second-order valence-electron chi connectivity index (χ2n) is 5.17. The Balaban J connectivity index is 2.27. The van der Waals surface area contributed by atoms with Crippen LogP contribution in [0.4, 0.5) is 11.4 Å². The second kappa shape index (κ2) is 6.19. The minimum atomic E-state index is -0.0209. The van der Waals surface area contributed by atoms with Crippen molar-refractivity contribution < 1.29 is 4.79 Å². The molecule has 0 saturated carbocycles. The first-order valence-corrected chi connectivity index (χ1v) is 7.16. The lowest BCUT2D eigenvalue weighted by Gasteiger charge is -2.28. The van der Waals surface area contributed by atoms with E-state index in [1.807, 2.05) is 43.4 Å². The molecule has 2 aromatic rings. The van der Waals surface area contributed by atoms with Crippen LogP contribution >= 0.6 is 11.6 Å². The van der Waals surface area contributed by atoms with Gasteiger partial charge in [0.2, 0.25) is 0 Å². The van der Waals surface area contributed by atoms with Gasteiger partial charge in [0.25, 0.3) is 0 Å². The molecule has 0 aliphatic carbocycles. The highest BCUT2D eigenvalue weighted by atomic mass is 35.5. The van der Waals surface area contributed by atoms with Crippen molar-refractivity contribution in [2.45, 2.75) is 19.9 Å². The fourth-order valence-corrected chi connectivity index (χ4v) is 2.40. The van der Waals surface area contributed by atoms with Crippen molar-refractivity contribution >= 4 is 28.8 Å². The molecule has 0 fully saturated rings. The maximum absolute atomic E-state index is 11.4. The zero-order chi connectivity index (χ0) is 15.6. The molecule has 0 radical (unpaired) electrons. The average molecular weight is 303 g/mol. The van der Waals surface area contributed by atoms with Crippen LogP contribution in [0.2, 0.25) is 5.02 Å². The summed E-state index contributed by atoms with van der Waals surface area (Å²) in [5.74, 6) is -0.0209. The van der Waals surface area contributed by atoms with Crippen LogP contribution in [0.3, 0.4) is 0 Å². The summed E-state index contributed by atoms with van der Waals surface area (Å²) >= 11 is 5.92. The second-order valence-corrected chi connectivity index (χ2v) is 5.60. The largest absolute Gasteiger partial charge is 0.398 e. The molecule has 0 saturated heterocycles. The number of hydrogen-bond acceptors (Lipinski definition) is 3. The first-order chi connectivity index (χ1) is 9.90. The number of benzene rings is 2. The topological polar surface area (TPSA) is 46.3 Å². The zero-order valence-corrected chi connectivity index (χ0v) is 13.2. The van der Waals surface area contributed by atoms with Crippen LogP contribution in [0.25, 0.3) is 0 Å². The van der Waals surface area contributed by atoms with Crippen molar-refractivity contribution in [1.82, 2.24) is 0 Å². The van der Waals surface area contributed by atoms with Crippen molar-refractivity contribution in [3.05, 3.63) is 58.6 Å². The average Bonchev–Trinajstić information content (AvgIpc) is 2.46. The predicted octanol–water partition coefficient (Wildman–Crippen LogP) is 4.32. The first-order valence-electron chi connectivity index (χ1n) is 6.79. The molecule has 0 heterocycles. The Hall–Kier alpha value is -2.00. The molecule has 1 atom stereocenters. The first kappa shape index (κ1) is 15.4. The highest BCUT2D eigenvalue weighted by Gasteiger charge is 2.14. The van der Waals surface area contributed by atoms with Crippen LogP contribution in [0.15, 0.2) is 42.5 Å². The molecule has 2 rings (SSSR count). The number of nitrogen functional groups attached to an aromatic ring is 1. The molecule has 0 aliphatic heterocycles. The van der Waals surface area contributed by atoms with E-state index in [4.69, 9.17) is 17.3 Å². The van der Waals surface area contributed by atoms with Gasteiger partial charge in [-0.05, 0) is 49.7 Å². The molecule has 0 amide bonds. The fraction of sp³-hybridized carbons (Fsp3) is 0.235. The lowest BCUT2D eigenvalue weighted by Crippen LogP contribution is -2.21. The number of carbonyl (C=O) groups excluding carboxylic acids is 1.